The number of rotatable bonds is 8. The molecule has 0 fully saturated rings. The molecule has 3 N–H and O–H groups in total. The Balaban J connectivity index is 1.47. The summed E-state index contributed by atoms with van der Waals surface area (Å²) < 4.78 is 5.74. The van der Waals surface area contributed by atoms with Crippen molar-refractivity contribution in [3.05, 3.63) is 90.0 Å². The zero-order valence-corrected chi connectivity index (χ0v) is 16.1. The van der Waals surface area contributed by atoms with E-state index in [1.54, 1.807) is 43.4 Å². The molecule has 0 aromatic heterocycles. The van der Waals surface area contributed by atoms with Crippen LogP contribution in [0.15, 0.2) is 78.9 Å². The highest BCUT2D eigenvalue weighted by Gasteiger charge is 2.06. The Hall–Kier alpha value is -3.80. The van der Waals surface area contributed by atoms with E-state index in [4.69, 9.17) is 4.74 Å². The Kier molecular flexibility index (Phi) is 6.84. The van der Waals surface area contributed by atoms with E-state index >= 15 is 0 Å². The third-order valence-electron chi connectivity index (χ3n) is 4.19. The van der Waals surface area contributed by atoms with E-state index < -0.39 is 0 Å². The molecule has 0 spiro atoms. The lowest BCUT2D eigenvalue weighted by Gasteiger charge is -2.10. The SMILES string of the molecule is CNC(=O)c1cccc(NCC(=O)Nc2ccc(OCc3ccccc3)cc2)c1. The molecule has 0 atom stereocenters. The summed E-state index contributed by atoms with van der Waals surface area (Å²) in [6.07, 6.45) is 0. The summed E-state index contributed by atoms with van der Waals surface area (Å²) in [4.78, 5) is 23.8. The normalized spacial score (nSPS) is 10.1. The largest absolute Gasteiger partial charge is 0.489 e. The van der Waals surface area contributed by atoms with Crippen molar-refractivity contribution < 1.29 is 14.3 Å². The Morgan fingerprint density at radius 1 is 0.862 bits per heavy atom. The van der Waals surface area contributed by atoms with Gasteiger partial charge in [-0.2, -0.15) is 0 Å². The monoisotopic (exact) mass is 389 g/mol. The number of ether oxygens (including phenoxy) is 1. The highest BCUT2D eigenvalue weighted by Crippen LogP contribution is 2.17. The van der Waals surface area contributed by atoms with Crippen LogP contribution < -0.4 is 20.7 Å². The molecule has 148 valence electrons. The van der Waals surface area contributed by atoms with Crippen molar-refractivity contribution in [2.45, 2.75) is 6.61 Å². The van der Waals surface area contributed by atoms with Crippen molar-refractivity contribution in [2.75, 3.05) is 24.2 Å². The summed E-state index contributed by atoms with van der Waals surface area (Å²) in [5, 5.41) is 8.42. The summed E-state index contributed by atoms with van der Waals surface area (Å²) >= 11 is 0. The molecule has 0 unspecified atom stereocenters. The van der Waals surface area contributed by atoms with Gasteiger partial charge in [0.15, 0.2) is 0 Å². The van der Waals surface area contributed by atoms with Gasteiger partial charge < -0.3 is 20.7 Å². The van der Waals surface area contributed by atoms with Gasteiger partial charge in [0.2, 0.25) is 5.91 Å². The first kappa shape index (κ1) is 19.9. The van der Waals surface area contributed by atoms with Crippen molar-refractivity contribution in [3.63, 3.8) is 0 Å². The molecule has 29 heavy (non-hydrogen) atoms. The summed E-state index contributed by atoms with van der Waals surface area (Å²) in [6.45, 7) is 0.578. The second-order valence-electron chi connectivity index (χ2n) is 6.36. The first-order chi connectivity index (χ1) is 14.1. The van der Waals surface area contributed by atoms with Crippen molar-refractivity contribution in [1.29, 1.82) is 0 Å². The highest BCUT2D eigenvalue weighted by molar-refractivity contribution is 5.96. The maximum atomic E-state index is 12.2. The summed E-state index contributed by atoms with van der Waals surface area (Å²) in [7, 11) is 1.58. The van der Waals surface area contributed by atoms with E-state index in [9.17, 15) is 9.59 Å². The fourth-order valence-electron chi connectivity index (χ4n) is 2.68. The van der Waals surface area contributed by atoms with E-state index in [1.165, 1.54) is 0 Å². The van der Waals surface area contributed by atoms with E-state index in [0.717, 1.165) is 11.3 Å². The summed E-state index contributed by atoms with van der Waals surface area (Å²) in [5.41, 5.74) is 3.01. The van der Waals surface area contributed by atoms with Crippen molar-refractivity contribution in [3.8, 4) is 5.75 Å². The van der Waals surface area contributed by atoms with E-state index in [0.29, 0.717) is 23.5 Å². The van der Waals surface area contributed by atoms with Crippen LogP contribution in [0, 0.1) is 0 Å². The van der Waals surface area contributed by atoms with Gasteiger partial charge in [0, 0.05) is 24.0 Å². The molecule has 6 nitrogen and oxygen atoms in total. The lowest BCUT2D eigenvalue weighted by Crippen LogP contribution is -2.22. The van der Waals surface area contributed by atoms with Crippen molar-refractivity contribution in [1.82, 2.24) is 5.32 Å². The van der Waals surface area contributed by atoms with Gasteiger partial charge in [-0.05, 0) is 48.0 Å². The minimum Gasteiger partial charge on any atom is -0.489 e. The molecular formula is C23H23N3O3. The molecule has 3 aromatic carbocycles. The lowest BCUT2D eigenvalue weighted by atomic mass is 10.2. The average Bonchev–Trinajstić information content (AvgIpc) is 2.77. The smallest absolute Gasteiger partial charge is 0.251 e. The molecule has 6 heteroatoms. The van der Waals surface area contributed by atoms with Crippen LogP contribution in [0.25, 0.3) is 0 Å². The minimum absolute atomic E-state index is 0.0868. The molecule has 3 rings (SSSR count). The van der Waals surface area contributed by atoms with Crippen molar-refractivity contribution >= 4 is 23.2 Å². The van der Waals surface area contributed by atoms with E-state index in [-0.39, 0.29) is 18.4 Å². The molecule has 0 saturated carbocycles. The third kappa shape index (κ3) is 6.10. The maximum Gasteiger partial charge on any atom is 0.251 e. The Morgan fingerprint density at radius 3 is 2.34 bits per heavy atom. The first-order valence-electron chi connectivity index (χ1n) is 9.27. The number of hydrogen-bond acceptors (Lipinski definition) is 4. The predicted octanol–water partition coefficient (Wildman–Crippen LogP) is 3.68. The molecule has 0 heterocycles. The van der Waals surface area contributed by atoms with Gasteiger partial charge in [-0.3, -0.25) is 9.59 Å². The maximum absolute atomic E-state index is 12.2. The number of carbonyl (C=O) groups excluding carboxylic acids is 2. The first-order valence-corrected chi connectivity index (χ1v) is 9.27. The second kappa shape index (κ2) is 9.94. The van der Waals surface area contributed by atoms with Gasteiger partial charge in [-0.1, -0.05) is 36.4 Å². The Morgan fingerprint density at radius 2 is 1.62 bits per heavy atom. The van der Waals surface area contributed by atoms with Gasteiger partial charge in [-0.15, -0.1) is 0 Å². The number of benzene rings is 3. The predicted molar refractivity (Wildman–Crippen MR) is 114 cm³/mol. The average molecular weight is 389 g/mol. The van der Waals surface area contributed by atoms with Gasteiger partial charge in [-0.25, -0.2) is 0 Å². The molecule has 2 amide bonds. The second-order valence-corrected chi connectivity index (χ2v) is 6.36. The van der Waals surface area contributed by atoms with Crippen LogP contribution in [0.2, 0.25) is 0 Å². The summed E-state index contributed by atoms with van der Waals surface area (Å²) in [6, 6.07) is 24.1. The number of nitrogens with one attached hydrogen (secondary N) is 3. The fraction of sp³-hybridized carbons (Fsp3) is 0.130. The minimum atomic E-state index is -0.187. The molecule has 0 radical (unpaired) electrons. The number of carbonyl (C=O) groups is 2. The molecule has 0 aliphatic carbocycles. The van der Waals surface area contributed by atoms with Crippen LogP contribution in [-0.4, -0.2) is 25.4 Å². The van der Waals surface area contributed by atoms with Gasteiger partial charge in [0.1, 0.15) is 12.4 Å². The molecule has 0 bridgehead atoms. The van der Waals surface area contributed by atoms with Gasteiger partial charge >= 0.3 is 0 Å². The fourth-order valence-corrected chi connectivity index (χ4v) is 2.68. The van der Waals surface area contributed by atoms with Crippen LogP contribution in [0.5, 0.6) is 5.75 Å². The van der Waals surface area contributed by atoms with Gasteiger partial charge in [0.05, 0.1) is 6.54 Å². The van der Waals surface area contributed by atoms with Crippen LogP contribution in [0.1, 0.15) is 15.9 Å². The van der Waals surface area contributed by atoms with Crippen LogP contribution in [-0.2, 0) is 11.4 Å². The number of hydrogen-bond donors (Lipinski definition) is 3. The van der Waals surface area contributed by atoms with Crippen LogP contribution in [0.4, 0.5) is 11.4 Å². The van der Waals surface area contributed by atoms with Gasteiger partial charge in [0.25, 0.3) is 5.91 Å². The standard InChI is InChI=1S/C23H23N3O3/c1-24-23(28)18-8-5-9-20(14-18)25-15-22(27)26-19-10-12-21(13-11-19)29-16-17-6-3-2-4-7-17/h2-14,25H,15-16H2,1H3,(H,24,28)(H,26,27). The molecule has 0 aliphatic heterocycles. The van der Waals surface area contributed by atoms with E-state index in [2.05, 4.69) is 16.0 Å². The zero-order chi connectivity index (χ0) is 20.5. The number of anilines is 2. The topological polar surface area (TPSA) is 79.5 Å². The Bertz CT molecular complexity index is 957. The lowest BCUT2D eigenvalue weighted by molar-refractivity contribution is -0.114. The third-order valence-corrected chi connectivity index (χ3v) is 4.19. The zero-order valence-electron chi connectivity index (χ0n) is 16.1. The summed E-state index contributed by atoms with van der Waals surface area (Å²) in [5.74, 6) is 0.372. The van der Waals surface area contributed by atoms with Crippen LogP contribution >= 0.6 is 0 Å². The van der Waals surface area contributed by atoms with Crippen LogP contribution in [0.3, 0.4) is 0 Å². The molecule has 3 aromatic rings. The van der Waals surface area contributed by atoms with Crippen molar-refractivity contribution in [2.24, 2.45) is 0 Å². The molecular weight excluding hydrogens is 366 g/mol. The van der Waals surface area contributed by atoms with E-state index in [1.807, 2.05) is 42.5 Å². The number of amides is 2. The Labute approximate surface area is 169 Å². The molecule has 0 aliphatic rings. The quantitative estimate of drug-likeness (QED) is 0.549. The molecule has 0 saturated heterocycles. The highest BCUT2D eigenvalue weighted by atomic mass is 16.5.